The molecule has 7 heteroatoms. The third-order valence-electron chi connectivity index (χ3n) is 13.7. The first-order valence-electron chi connectivity index (χ1n) is 23.9. The topological polar surface area (TPSA) is 38.9 Å². The van der Waals surface area contributed by atoms with E-state index in [1.807, 2.05) is 28.9 Å². The fourth-order valence-electron chi connectivity index (χ4n) is 10.4. The fourth-order valence-corrected chi connectivity index (χ4v) is 16.2. The van der Waals surface area contributed by atoms with Gasteiger partial charge in [-0.05, 0) is 41.3 Å². The van der Waals surface area contributed by atoms with Gasteiger partial charge in [-0.15, -0.1) is 23.5 Å². The molecule has 5 heterocycles. The van der Waals surface area contributed by atoms with Crippen LogP contribution in [0.1, 0.15) is 63.1 Å². The Balaban J connectivity index is 0.000000162. The smallest absolute Gasteiger partial charge is 0 e. The Morgan fingerprint density at radius 1 is 0.676 bits per heavy atom. The van der Waals surface area contributed by atoms with E-state index in [4.69, 9.17) is 14.4 Å². The summed E-state index contributed by atoms with van der Waals surface area (Å²) in [5.74, 6) is 8.34. The van der Waals surface area contributed by atoms with Gasteiger partial charge in [-0.25, -0.2) is 0 Å². The van der Waals surface area contributed by atoms with Gasteiger partial charge in [-0.1, -0.05) is 98.5 Å². The molecule has 0 saturated heterocycles. The Labute approximate surface area is 424 Å². The second-order valence-corrected chi connectivity index (χ2v) is 33.6. The molecule has 1 aliphatic rings. The number of para-hydroxylation sites is 1. The number of benzene rings is 6. The van der Waals surface area contributed by atoms with Gasteiger partial charge in [0.2, 0.25) is 0 Å². The van der Waals surface area contributed by atoms with Crippen molar-refractivity contribution in [1.82, 2.24) is 9.97 Å². The number of rotatable bonds is 7. The first-order chi connectivity index (χ1) is 32.4. The van der Waals surface area contributed by atoms with Crippen molar-refractivity contribution >= 4 is 103 Å². The van der Waals surface area contributed by atoms with Crippen molar-refractivity contribution in [3.63, 3.8) is 0 Å². The monoisotopic (exact) mass is 1160 g/mol. The quantitative estimate of drug-likeness (QED) is 0.118. The van der Waals surface area contributed by atoms with E-state index in [0.29, 0.717) is 0 Å². The van der Waals surface area contributed by atoms with E-state index >= 15 is 0 Å². The van der Waals surface area contributed by atoms with Gasteiger partial charge in [0.25, 0.3) is 0 Å². The Hall–Kier alpha value is -4.95. The molecule has 1 radical (unpaired) electrons. The molecule has 12 rings (SSSR count). The Bertz CT molecular complexity index is 3650. The van der Waals surface area contributed by atoms with Gasteiger partial charge in [0.05, 0.1) is 11.2 Å². The van der Waals surface area contributed by atoms with E-state index in [1.165, 1.54) is 94.7 Å². The normalized spacial score (nSPS) is 13.5. The molecule has 6 aromatic carbocycles. The summed E-state index contributed by atoms with van der Waals surface area (Å²) in [6.45, 7) is 8.98. The van der Waals surface area contributed by atoms with Gasteiger partial charge in [-0.3, -0.25) is 4.98 Å². The maximum absolute atomic E-state index is 6.51. The molecular weight excluding hydrogens is 1110 g/mol. The standard InChI is InChI=1S/C35H28NOS.C26H28GeNS.Ir/c1-21-20-36-30(18-23(21)19-35(2,3)4)22-15-16-31-29(17-22)26-11-7-10-25(33(26)37-31)28-13-8-12-27-24-9-5-6-14-32(24)38-34(27)28;1-27(2,3)23-17-28-24(16-19(23)15-18-9-4-5-10-18)22-13-8-12-21-20-11-6-7-14-25(20)29-26(21)22;/h5-16,18,20H,19H2,1-4H3;6-8,11-12,14,16-18H,4-5,9-10,15H2,1-3H3;/q2*-1;. The van der Waals surface area contributed by atoms with Crippen LogP contribution in [0, 0.1) is 30.4 Å². The molecule has 1 saturated carbocycles. The predicted octanol–water partition coefficient (Wildman–Crippen LogP) is 17.6. The van der Waals surface area contributed by atoms with Gasteiger partial charge in [0, 0.05) is 63.3 Å². The van der Waals surface area contributed by atoms with E-state index in [-0.39, 0.29) is 25.5 Å². The summed E-state index contributed by atoms with van der Waals surface area (Å²) in [5.41, 5.74) is 12.7. The second kappa shape index (κ2) is 18.8. The van der Waals surface area contributed by atoms with Crippen LogP contribution in [0.3, 0.4) is 0 Å². The molecular formula is C61H56GeIrN2OS2-2. The van der Waals surface area contributed by atoms with Crippen LogP contribution in [0.5, 0.6) is 0 Å². The number of pyridine rings is 2. The molecule has 1 aliphatic carbocycles. The van der Waals surface area contributed by atoms with E-state index < -0.39 is 13.3 Å². The summed E-state index contributed by atoms with van der Waals surface area (Å²) in [6, 6.07) is 50.6. The van der Waals surface area contributed by atoms with Crippen molar-refractivity contribution < 1.29 is 24.5 Å². The minimum atomic E-state index is -1.96. The van der Waals surface area contributed by atoms with Crippen LogP contribution >= 0.6 is 22.7 Å². The minimum absolute atomic E-state index is 0. The molecule has 0 aliphatic heterocycles. The molecule has 0 amide bonds. The molecule has 0 spiro atoms. The molecule has 11 aromatic rings. The van der Waals surface area contributed by atoms with Crippen LogP contribution < -0.4 is 4.40 Å². The molecule has 68 heavy (non-hydrogen) atoms. The van der Waals surface area contributed by atoms with E-state index in [2.05, 4.69) is 185 Å². The zero-order valence-corrected chi connectivity index (χ0v) is 46.1. The van der Waals surface area contributed by atoms with Gasteiger partial charge in [-0.2, -0.15) is 0 Å². The van der Waals surface area contributed by atoms with Gasteiger partial charge < -0.3 is 4.42 Å². The zero-order chi connectivity index (χ0) is 46.0. The zero-order valence-electron chi connectivity index (χ0n) is 40.0. The number of nitrogens with zero attached hydrogens (tertiary/aromatic N) is 2. The fraction of sp³-hybridized carbons (Fsp3) is 0.246. The number of aryl methyl sites for hydroxylation is 1. The molecule has 0 bridgehead atoms. The van der Waals surface area contributed by atoms with Crippen LogP contribution in [-0.4, -0.2) is 23.2 Å². The van der Waals surface area contributed by atoms with Crippen LogP contribution in [-0.2, 0) is 32.9 Å². The first-order valence-corrected chi connectivity index (χ1v) is 32.9. The summed E-state index contributed by atoms with van der Waals surface area (Å²) in [7, 11) is 0. The third kappa shape index (κ3) is 9.04. The van der Waals surface area contributed by atoms with Gasteiger partial charge >= 0.3 is 181 Å². The third-order valence-corrected chi connectivity index (χ3v) is 20.4. The van der Waals surface area contributed by atoms with Crippen LogP contribution in [0.4, 0.5) is 0 Å². The molecule has 343 valence electrons. The molecule has 0 unspecified atom stereocenters. The Morgan fingerprint density at radius 3 is 2.03 bits per heavy atom. The van der Waals surface area contributed by atoms with E-state index in [0.717, 1.165) is 56.8 Å². The number of aromatic nitrogens is 2. The van der Waals surface area contributed by atoms with Crippen LogP contribution in [0.25, 0.3) is 95.9 Å². The van der Waals surface area contributed by atoms with Crippen molar-refractivity contribution in [3.8, 4) is 33.6 Å². The largest absolute Gasteiger partial charge is 0 e. The van der Waals surface area contributed by atoms with Gasteiger partial charge in [0.1, 0.15) is 0 Å². The van der Waals surface area contributed by atoms with Crippen molar-refractivity contribution in [1.29, 1.82) is 0 Å². The van der Waals surface area contributed by atoms with Crippen molar-refractivity contribution in [3.05, 3.63) is 163 Å². The second-order valence-electron chi connectivity index (χ2n) is 20.9. The van der Waals surface area contributed by atoms with Crippen molar-refractivity contribution in [2.45, 2.75) is 83.5 Å². The summed E-state index contributed by atoms with van der Waals surface area (Å²) in [5, 5.41) is 7.36. The van der Waals surface area contributed by atoms with Crippen molar-refractivity contribution in [2.75, 3.05) is 0 Å². The SMILES string of the molecule is Cc1cnc(-c2[c-]c3c(cc2)oc2c(-c4cccc5c4sc4ccccc45)cccc23)cc1CC(C)(C)C.[CH3][Ge]([CH3])([CH3])[c]1cnc(-c2[c-]ccc3c2sc2ccccc23)cc1CC1CCCC1.[Ir]. The number of hydrogen-bond acceptors (Lipinski definition) is 5. The average molecular weight is 1160 g/mol. The maximum atomic E-state index is 6.51. The van der Waals surface area contributed by atoms with E-state index in [1.54, 1.807) is 9.96 Å². The molecule has 5 aromatic heterocycles. The Morgan fingerprint density at radius 2 is 1.31 bits per heavy atom. The summed E-state index contributed by atoms with van der Waals surface area (Å²) in [6.07, 6.45) is 12.1. The molecule has 3 nitrogen and oxygen atoms in total. The van der Waals surface area contributed by atoms with Crippen LogP contribution in [0.2, 0.25) is 17.3 Å². The Kier molecular flexibility index (Phi) is 12.9. The van der Waals surface area contributed by atoms with Crippen LogP contribution in [0.15, 0.2) is 138 Å². The number of hydrogen-bond donors (Lipinski definition) is 0. The predicted molar refractivity (Wildman–Crippen MR) is 292 cm³/mol. The molecule has 0 atom stereocenters. The average Bonchev–Trinajstić information content (AvgIpc) is 4.13. The number of fused-ring (bicyclic) bond motifs is 9. The summed E-state index contributed by atoms with van der Waals surface area (Å²) in [4.78, 5) is 9.76. The molecule has 1 fully saturated rings. The minimum Gasteiger partial charge on any atom is 0 e. The summed E-state index contributed by atoms with van der Waals surface area (Å²) >= 11 is 1.76. The number of furan rings is 1. The van der Waals surface area contributed by atoms with Crippen molar-refractivity contribution in [2.24, 2.45) is 11.3 Å². The molecule has 0 N–H and O–H groups in total. The first kappa shape index (κ1) is 46.8. The van der Waals surface area contributed by atoms with E-state index in [9.17, 15) is 0 Å². The number of thiophene rings is 2. The maximum Gasteiger partial charge on any atom is 0 e. The van der Waals surface area contributed by atoms with Gasteiger partial charge in [0.15, 0.2) is 0 Å². The summed E-state index contributed by atoms with van der Waals surface area (Å²) < 4.78 is 13.4.